The lowest BCUT2D eigenvalue weighted by Crippen LogP contribution is -2.21. The van der Waals surface area contributed by atoms with Gasteiger partial charge in [0.15, 0.2) is 12.4 Å². The Balaban J connectivity index is 1.97. The summed E-state index contributed by atoms with van der Waals surface area (Å²) >= 11 is 0. The van der Waals surface area contributed by atoms with Gasteiger partial charge in [-0.3, -0.25) is 4.79 Å². The van der Waals surface area contributed by atoms with Crippen molar-refractivity contribution in [3.63, 3.8) is 0 Å². The third-order valence-electron chi connectivity index (χ3n) is 3.11. The second kappa shape index (κ2) is 6.43. The van der Waals surface area contributed by atoms with Gasteiger partial charge in [-0.05, 0) is 38.8 Å². The molecule has 116 valence electrons. The van der Waals surface area contributed by atoms with Crippen LogP contribution in [0.15, 0.2) is 22.7 Å². The van der Waals surface area contributed by atoms with E-state index in [0.29, 0.717) is 17.1 Å². The van der Waals surface area contributed by atoms with Gasteiger partial charge in [-0.1, -0.05) is 22.9 Å². The van der Waals surface area contributed by atoms with Gasteiger partial charge in [-0.15, -0.1) is 0 Å². The molecule has 1 aromatic heterocycles. The minimum Gasteiger partial charge on any atom is -0.452 e. The van der Waals surface area contributed by atoms with Crippen molar-refractivity contribution in [3.8, 4) is 0 Å². The van der Waals surface area contributed by atoms with Gasteiger partial charge in [-0.25, -0.2) is 4.79 Å². The van der Waals surface area contributed by atoms with E-state index in [1.807, 2.05) is 32.9 Å². The predicted octanol–water partition coefficient (Wildman–Crippen LogP) is 2.70. The highest BCUT2D eigenvalue weighted by molar-refractivity contribution is 5.96. The lowest BCUT2D eigenvalue weighted by molar-refractivity contribution is -0.119. The van der Waals surface area contributed by atoms with E-state index < -0.39 is 11.9 Å². The molecule has 6 heteroatoms. The smallest absolute Gasteiger partial charge is 0.339 e. The molecule has 0 aliphatic heterocycles. The Kier molecular flexibility index (Phi) is 4.60. The Bertz CT molecular complexity index is 696. The highest BCUT2D eigenvalue weighted by Gasteiger charge is 2.16. The van der Waals surface area contributed by atoms with Crippen molar-refractivity contribution in [2.75, 3.05) is 11.9 Å². The third kappa shape index (κ3) is 3.72. The first-order valence-electron chi connectivity index (χ1n) is 6.85. The number of carbonyl (C=O) groups is 2. The van der Waals surface area contributed by atoms with Crippen molar-refractivity contribution in [1.29, 1.82) is 0 Å². The zero-order valence-corrected chi connectivity index (χ0v) is 13.0. The fourth-order valence-electron chi connectivity index (χ4n) is 2.31. The maximum absolute atomic E-state index is 12.1. The van der Waals surface area contributed by atoms with Crippen LogP contribution in [-0.2, 0) is 9.53 Å². The number of esters is 1. The molecule has 0 bridgehead atoms. The van der Waals surface area contributed by atoms with Gasteiger partial charge in [0.25, 0.3) is 5.91 Å². The zero-order valence-electron chi connectivity index (χ0n) is 13.0. The van der Waals surface area contributed by atoms with E-state index in [0.717, 1.165) is 16.7 Å². The van der Waals surface area contributed by atoms with E-state index in [-0.39, 0.29) is 6.61 Å². The van der Waals surface area contributed by atoms with E-state index in [9.17, 15) is 9.59 Å². The average molecular weight is 302 g/mol. The summed E-state index contributed by atoms with van der Waals surface area (Å²) in [4.78, 5) is 23.8. The fraction of sp³-hybridized carbons (Fsp3) is 0.312. The van der Waals surface area contributed by atoms with Crippen LogP contribution in [0.25, 0.3) is 0 Å². The number of hydrogen-bond acceptors (Lipinski definition) is 5. The SMILES string of the molecule is Cc1cc(C)c(C(=O)OCC(=O)Nc2cc(C)on2)c(C)c1. The van der Waals surface area contributed by atoms with E-state index in [1.165, 1.54) is 0 Å². The van der Waals surface area contributed by atoms with Gasteiger partial charge in [0.05, 0.1) is 5.56 Å². The Morgan fingerprint density at radius 3 is 2.32 bits per heavy atom. The molecule has 1 amide bonds. The number of amides is 1. The number of carbonyl (C=O) groups excluding carboxylic acids is 2. The van der Waals surface area contributed by atoms with Crippen LogP contribution in [0.3, 0.4) is 0 Å². The standard InChI is InChI=1S/C16H18N2O4/c1-9-5-10(2)15(11(3)6-9)16(20)21-8-14(19)17-13-7-12(4)22-18-13/h5-7H,8H2,1-4H3,(H,17,18,19). The average Bonchev–Trinajstić information content (AvgIpc) is 2.80. The Morgan fingerprint density at radius 1 is 1.14 bits per heavy atom. The first kappa shape index (κ1) is 15.8. The fourth-order valence-corrected chi connectivity index (χ4v) is 2.31. The van der Waals surface area contributed by atoms with Crippen LogP contribution in [0.1, 0.15) is 32.8 Å². The number of hydrogen-bond donors (Lipinski definition) is 1. The minimum absolute atomic E-state index is 0.293. The van der Waals surface area contributed by atoms with Crippen molar-refractivity contribution in [3.05, 3.63) is 46.2 Å². The highest BCUT2D eigenvalue weighted by Crippen LogP contribution is 2.17. The maximum atomic E-state index is 12.1. The summed E-state index contributed by atoms with van der Waals surface area (Å²) in [6.45, 7) is 6.98. The van der Waals surface area contributed by atoms with Gasteiger partial charge < -0.3 is 14.6 Å². The number of nitrogens with zero attached hydrogens (tertiary/aromatic N) is 1. The molecule has 2 rings (SSSR count). The second-order valence-electron chi connectivity index (χ2n) is 5.22. The molecule has 0 saturated carbocycles. The molecule has 6 nitrogen and oxygen atoms in total. The molecular formula is C16H18N2O4. The molecule has 2 aromatic rings. The monoisotopic (exact) mass is 302 g/mol. The molecule has 1 N–H and O–H groups in total. The Labute approximate surface area is 128 Å². The van der Waals surface area contributed by atoms with Gasteiger partial charge >= 0.3 is 5.97 Å². The molecule has 22 heavy (non-hydrogen) atoms. The molecule has 0 fully saturated rings. The van der Waals surface area contributed by atoms with Crippen LogP contribution in [0.4, 0.5) is 5.82 Å². The normalized spacial score (nSPS) is 10.4. The lowest BCUT2D eigenvalue weighted by Gasteiger charge is -2.10. The number of rotatable bonds is 4. The summed E-state index contributed by atoms with van der Waals surface area (Å²) in [5.74, 6) is -0.106. The van der Waals surface area contributed by atoms with Crippen LogP contribution < -0.4 is 5.32 Å². The number of aromatic nitrogens is 1. The van der Waals surface area contributed by atoms with E-state index in [4.69, 9.17) is 9.26 Å². The lowest BCUT2D eigenvalue weighted by atomic mass is 10.00. The number of aryl methyl sites for hydroxylation is 4. The molecule has 0 unspecified atom stereocenters. The molecule has 0 spiro atoms. The first-order valence-corrected chi connectivity index (χ1v) is 6.85. The van der Waals surface area contributed by atoms with Crippen molar-refractivity contribution < 1.29 is 18.8 Å². The molecule has 0 aliphatic carbocycles. The summed E-state index contributed by atoms with van der Waals surface area (Å²) in [7, 11) is 0. The topological polar surface area (TPSA) is 81.4 Å². The Hall–Kier alpha value is -2.63. The molecule has 1 aromatic carbocycles. The van der Waals surface area contributed by atoms with E-state index in [2.05, 4.69) is 10.5 Å². The number of anilines is 1. The molecule has 0 radical (unpaired) electrons. The van der Waals surface area contributed by atoms with Gasteiger partial charge in [0.2, 0.25) is 0 Å². The maximum Gasteiger partial charge on any atom is 0.339 e. The summed E-state index contributed by atoms with van der Waals surface area (Å²) in [5, 5.41) is 6.12. The van der Waals surface area contributed by atoms with Crippen LogP contribution >= 0.6 is 0 Å². The summed E-state index contributed by atoms with van der Waals surface area (Å²) in [6.07, 6.45) is 0. The molecule has 0 atom stereocenters. The van der Waals surface area contributed by atoms with Crippen molar-refractivity contribution >= 4 is 17.7 Å². The van der Waals surface area contributed by atoms with Crippen molar-refractivity contribution in [1.82, 2.24) is 5.16 Å². The number of nitrogens with one attached hydrogen (secondary N) is 1. The van der Waals surface area contributed by atoms with E-state index in [1.54, 1.807) is 13.0 Å². The summed E-state index contributed by atoms with van der Waals surface area (Å²) < 4.78 is 9.89. The number of ether oxygens (including phenoxy) is 1. The molecule has 1 heterocycles. The molecular weight excluding hydrogens is 284 g/mol. The second-order valence-corrected chi connectivity index (χ2v) is 5.22. The highest BCUT2D eigenvalue weighted by atomic mass is 16.5. The van der Waals surface area contributed by atoms with Crippen LogP contribution in [-0.4, -0.2) is 23.6 Å². The molecule has 0 saturated heterocycles. The number of benzene rings is 1. The van der Waals surface area contributed by atoms with E-state index >= 15 is 0 Å². The van der Waals surface area contributed by atoms with Crippen molar-refractivity contribution in [2.24, 2.45) is 0 Å². The zero-order chi connectivity index (χ0) is 16.3. The third-order valence-corrected chi connectivity index (χ3v) is 3.11. The van der Waals surface area contributed by atoms with Gasteiger partial charge in [-0.2, -0.15) is 0 Å². The first-order chi connectivity index (χ1) is 10.4. The predicted molar refractivity (Wildman–Crippen MR) is 80.8 cm³/mol. The van der Waals surface area contributed by atoms with Crippen LogP contribution in [0.5, 0.6) is 0 Å². The van der Waals surface area contributed by atoms with Crippen LogP contribution in [0.2, 0.25) is 0 Å². The summed E-state index contributed by atoms with van der Waals surface area (Å²) in [6, 6.07) is 5.39. The van der Waals surface area contributed by atoms with Crippen LogP contribution in [0, 0.1) is 27.7 Å². The summed E-state index contributed by atoms with van der Waals surface area (Å²) in [5.41, 5.74) is 3.23. The van der Waals surface area contributed by atoms with Gasteiger partial charge in [0, 0.05) is 6.07 Å². The van der Waals surface area contributed by atoms with Crippen molar-refractivity contribution in [2.45, 2.75) is 27.7 Å². The Morgan fingerprint density at radius 2 is 1.77 bits per heavy atom. The largest absolute Gasteiger partial charge is 0.452 e. The van der Waals surface area contributed by atoms with Gasteiger partial charge in [0.1, 0.15) is 5.76 Å². The quantitative estimate of drug-likeness (QED) is 0.878. The molecule has 0 aliphatic rings. The minimum atomic E-state index is -0.513.